The summed E-state index contributed by atoms with van der Waals surface area (Å²) in [6.07, 6.45) is 13.2. The lowest BCUT2D eigenvalue weighted by atomic mass is 9.75. The number of ether oxygens (including phenoxy) is 1. The number of fused-ring (bicyclic) bond motifs is 2. The Hall–Kier alpha value is -2.58. The number of esters is 1. The van der Waals surface area contributed by atoms with E-state index in [-0.39, 0.29) is 31.1 Å². The van der Waals surface area contributed by atoms with Crippen LogP contribution in [0, 0.1) is 11.8 Å². The van der Waals surface area contributed by atoms with Crippen LogP contribution in [0.5, 0.6) is 0 Å². The molecule has 2 saturated heterocycles. The highest BCUT2D eigenvalue weighted by Crippen LogP contribution is 2.66. The molecule has 1 unspecified atom stereocenters. The van der Waals surface area contributed by atoms with Crippen molar-refractivity contribution >= 4 is 29.5 Å². The Balaban J connectivity index is 1.51. The van der Waals surface area contributed by atoms with Crippen molar-refractivity contribution in [1.29, 1.82) is 0 Å². The molecule has 2 amide bonds. The normalized spacial score (nSPS) is 36.5. The highest BCUT2D eigenvalue weighted by Gasteiger charge is 2.74. The number of hydrogen-bond acceptors (Lipinski definition) is 6. The van der Waals surface area contributed by atoms with Crippen molar-refractivity contribution in [2.75, 3.05) is 19.8 Å². The van der Waals surface area contributed by atoms with Crippen molar-refractivity contribution in [2.24, 2.45) is 11.8 Å². The van der Waals surface area contributed by atoms with Gasteiger partial charge < -0.3 is 19.6 Å². The number of rotatable bonds is 4. The van der Waals surface area contributed by atoms with E-state index in [2.05, 4.69) is 0 Å². The Kier molecular flexibility index (Phi) is 6.23. The molecule has 7 nitrogen and oxygen atoms in total. The van der Waals surface area contributed by atoms with Gasteiger partial charge in [0.2, 0.25) is 11.8 Å². The number of aliphatic hydroxyl groups is 1. The summed E-state index contributed by atoms with van der Waals surface area (Å²) in [5.41, 5.74) is 0.773. The van der Waals surface area contributed by atoms with E-state index >= 15 is 0 Å². The van der Waals surface area contributed by atoms with Crippen LogP contribution < -0.4 is 0 Å². The number of thioether (sulfide) groups is 1. The summed E-state index contributed by atoms with van der Waals surface area (Å²) in [5, 5.41) is 10.6. The highest BCUT2D eigenvalue weighted by molar-refractivity contribution is 8.02. The third-order valence-corrected chi connectivity index (χ3v) is 10.8. The maximum atomic E-state index is 14.6. The lowest BCUT2D eigenvalue weighted by molar-refractivity contribution is -0.153. The lowest BCUT2D eigenvalue weighted by Gasteiger charge is -2.42. The Labute approximate surface area is 221 Å². The summed E-state index contributed by atoms with van der Waals surface area (Å²) in [4.78, 5) is 46.0. The van der Waals surface area contributed by atoms with Crippen LogP contribution >= 0.6 is 11.8 Å². The number of amides is 2. The average Bonchev–Trinajstić information content (AvgIpc) is 3.16. The molecule has 6 atom stereocenters. The van der Waals surface area contributed by atoms with E-state index in [1.54, 1.807) is 16.7 Å². The Morgan fingerprint density at radius 3 is 2.51 bits per heavy atom. The minimum atomic E-state index is -0.931. The highest BCUT2D eigenvalue weighted by atomic mass is 32.2. The van der Waals surface area contributed by atoms with E-state index in [1.807, 2.05) is 66.5 Å². The molecule has 1 aromatic rings. The molecule has 4 aliphatic heterocycles. The number of cyclic esters (lactones) is 1. The molecule has 6 rings (SSSR count). The van der Waals surface area contributed by atoms with E-state index in [4.69, 9.17) is 4.74 Å². The number of aliphatic hydroxyl groups excluding tert-OH is 1. The van der Waals surface area contributed by atoms with Crippen LogP contribution in [0.15, 0.2) is 54.6 Å². The van der Waals surface area contributed by atoms with Gasteiger partial charge in [-0.1, -0.05) is 67.8 Å². The summed E-state index contributed by atoms with van der Waals surface area (Å²) in [6, 6.07) is 8.02. The zero-order valence-electron chi connectivity index (χ0n) is 21.1. The predicted octanol–water partition coefficient (Wildman–Crippen LogP) is 3.25. The first-order chi connectivity index (χ1) is 17.9. The van der Waals surface area contributed by atoms with Crippen LogP contribution in [0.25, 0.3) is 0 Å². The molecule has 1 aromatic carbocycles. The van der Waals surface area contributed by atoms with Crippen molar-refractivity contribution in [3.63, 3.8) is 0 Å². The van der Waals surface area contributed by atoms with Crippen molar-refractivity contribution in [3.05, 3.63) is 60.2 Å². The molecule has 1 aliphatic carbocycles. The number of carbonyl (C=O) groups is 3. The monoisotopic (exact) mass is 522 g/mol. The minimum absolute atomic E-state index is 0.0768. The largest absolute Gasteiger partial charge is 0.461 e. The van der Waals surface area contributed by atoms with Crippen LogP contribution in [-0.2, 0) is 19.1 Å². The molecule has 196 valence electrons. The summed E-state index contributed by atoms with van der Waals surface area (Å²) >= 11 is 1.55. The second kappa shape index (κ2) is 9.31. The molecule has 0 bridgehead atoms. The molecular formula is C29H34N2O5S. The molecule has 4 heterocycles. The standard InChI is InChI=1S/C29H34N2O5S/c1-28-14-9-17-36-27(35)23(28)22-25(33)31(21(18-32)19-10-4-2-5-11-19)24-26(34)30(20-12-6-3-7-13-20)16-8-15-29(22,24)37-28/h2,4-5,8-11,14-15,20-24,32H,3,6-7,12-13,16-18H2,1H3/t21-,22+,23+,24?,28-,29+/m1/s1. The Morgan fingerprint density at radius 2 is 1.78 bits per heavy atom. The summed E-state index contributed by atoms with van der Waals surface area (Å²) in [6.45, 7) is 2.34. The van der Waals surface area contributed by atoms with Gasteiger partial charge in [-0.2, -0.15) is 0 Å². The Morgan fingerprint density at radius 1 is 1.03 bits per heavy atom. The van der Waals surface area contributed by atoms with Gasteiger partial charge in [-0.15, -0.1) is 11.8 Å². The van der Waals surface area contributed by atoms with Gasteiger partial charge in [0.05, 0.1) is 29.2 Å². The number of hydrogen-bond donors (Lipinski definition) is 1. The first-order valence-electron chi connectivity index (χ1n) is 13.4. The quantitative estimate of drug-likeness (QED) is 0.483. The van der Waals surface area contributed by atoms with Gasteiger partial charge >= 0.3 is 5.97 Å². The molecule has 0 aromatic heterocycles. The van der Waals surface area contributed by atoms with Crippen molar-refractivity contribution in [1.82, 2.24) is 9.80 Å². The maximum Gasteiger partial charge on any atom is 0.311 e. The lowest BCUT2D eigenvalue weighted by Crippen LogP contribution is -2.56. The Bertz CT molecular complexity index is 1150. The van der Waals surface area contributed by atoms with Gasteiger partial charge in [0, 0.05) is 17.3 Å². The van der Waals surface area contributed by atoms with Gasteiger partial charge in [0.25, 0.3) is 0 Å². The maximum absolute atomic E-state index is 14.6. The van der Waals surface area contributed by atoms with E-state index < -0.39 is 39.4 Å². The van der Waals surface area contributed by atoms with Crippen LogP contribution in [0.2, 0.25) is 0 Å². The van der Waals surface area contributed by atoms with E-state index in [9.17, 15) is 19.5 Å². The fourth-order valence-corrected chi connectivity index (χ4v) is 9.54. The zero-order valence-corrected chi connectivity index (χ0v) is 21.9. The number of nitrogens with zero attached hydrogens (tertiary/aromatic N) is 2. The minimum Gasteiger partial charge on any atom is -0.461 e. The second-order valence-corrected chi connectivity index (χ2v) is 12.9. The molecule has 37 heavy (non-hydrogen) atoms. The molecule has 0 radical (unpaired) electrons. The van der Waals surface area contributed by atoms with Crippen molar-refractivity contribution in [2.45, 2.75) is 66.6 Å². The molecule has 8 heteroatoms. The van der Waals surface area contributed by atoms with Gasteiger partial charge in [-0.05, 0) is 31.4 Å². The predicted molar refractivity (Wildman–Crippen MR) is 140 cm³/mol. The van der Waals surface area contributed by atoms with Gasteiger partial charge in [0.15, 0.2) is 0 Å². The second-order valence-electron chi connectivity index (χ2n) is 11.1. The van der Waals surface area contributed by atoms with Gasteiger partial charge in [-0.3, -0.25) is 14.4 Å². The fourth-order valence-electron chi connectivity index (χ4n) is 7.40. The molecule has 1 spiro atoms. The first-order valence-corrected chi connectivity index (χ1v) is 14.2. The molecular weight excluding hydrogens is 488 g/mol. The molecule has 5 aliphatic rings. The van der Waals surface area contributed by atoms with E-state index in [1.165, 1.54) is 6.42 Å². The number of carbonyl (C=O) groups excluding carboxylic acids is 3. The summed E-state index contributed by atoms with van der Waals surface area (Å²) < 4.78 is 3.91. The first kappa shape index (κ1) is 24.7. The summed E-state index contributed by atoms with van der Waals surface area (Å²) in [7, 11) is 0. The SMILES string of the molecule is C[C@@]12C=CCOC(=O)[C@@H]1[C@H]1C(=O)N([C@H](CO)c3ccccc3)C3C(=O)N(C4CCCCC4)CC=C[C@@]31S2. The molecule has 1 N–H and O–H groups in total. The third kappa shape index (κ3) is 3.70. The summed E-state index contributed by atoms with van der Waals surface area (Å²) in [5.74, 6) is -2.21. The van der Waals surface area contributed by atoms with Gasteiger partial charge in [0.1, 0.15) is 12.6 Å². The van der Waals surface area contributed by atoms with Crippen molar-refractivity contribution in [3.8, 4) is 0 Å². The van der Waals surface area contributed by atoms with Gasteiger partial charge in [-0.25, -0.2) is 0 Å². The zero-order chi connectivity index (χ0) is 25.8. The van der Waals surface area contributed by atoms with Crippen LogP contribution in [0.3, 0.4) is 0 Å². The van der Waals surface area contributed by atoms with Crippen molar-refractivity contribution < 1.29 is 24.2 Å². The van der Waals surface area contributed by atoms with E-state index in [0.717, 1.165) is 31.2 Å². The molecule has 3 fully saturated rings. The van der Waals surface area contributed by atoms with E-state index in [0.29, 0.717) is 6.54 Å². The average molecular weight is 523 g/mol. The fraction of sp³-hybridized carbons (Fsp3) is 0.552. The van der Waals surface area contributed by atoms with Crippen LogP contribution in [-0.4, -0.2) is 74.0 Å². The number of likely N-dealkylation sites (tertiary alicyclic amines) is 1. The van der Waals surface area contributed by atoms with Crippen LogP contribution in [0.4, 0.5) is 0 Å². The smallest absolute Gasteiger partial charge is 0.311 e. The molecule has 1 saturated carbocycles. The topological polar surface area (TPSA) is 87.1 Å². The number of benzene rings is 1. The third-order valence-electron chi connectivity index (χ3n) is 8.99. The van der Waals surface area contributed by atoms with Crippen LogP contribution in [0.1, 0.15) is 50.6 Å².